The van der Waals surface area contributed by atoms with Crippen LogP contribution in [0.1, 0.15) is 88.2 Å². The van der Waals surface area contributed by atoms with Gasteiger partial charge in [0.05, 0.1) is 12.1 Å². The van der Waals surface area contributed by atoms with E-state index in [1.165, 1.54) is 22.7 Å². The van der Waals surface area contributed by atoms with Gasteiger partial charge in [-0.15, -0.1) is 22.7 Å². The van der Waals surface area contributed by atoms with E-state index in [0.717, 1.165) is 5.56 Å². The molecular formula is C32H39N7O6S2. The maximum Gasteiger partial charge on any atom is 0.407 e. The van der Waals surface area contributed by atoms with Crippen LogP contribution in [0, 0.1) is 5.92 Å². The summed E-state index contributed by atoms with van der Waals surface area (Å²) in [4.78, 5) is 75.2. The monoisotopic (exact) mass is 681 g/mol. The Morgan fingerprint density at radius 1 is 0.915 bits per heavy atom. The molecule has 4 bridgehead atoms. The van der Waals surface area contributed by atoms with Crippen molar-refractivity contribution in [3.05, 3.63) is 68.1 Å². The number of benzene rings is 1. The van der Waals surface area contributed by atoms with Crippen molar-refractivity contribution < 1.29 is 28.7 Å². The molecule has 3 aromatic rings. The standard InChI is InChI=1S/C32H39N7O6S2/c1-19(2)14-21-29-37-25(18-47-29)28(42)35-22(15-20-8-4-3-5-9-20)30-36-24(17-46-30)27(41)33-11-7-13-39(12-6-10-26(40)34-21)31(43)23-16-45-32(44)38-23/h3-5,8-9,17-19,21-23H,6-7,10-16H2,1-2H3,(H,33,41)(H,34,40)(H,35,42)(H,38,44)/t21-,22-,23-/m0/s1. The molecule has 0 unspecified atom stereocenters. The number of cyclic esters (lactones) is 1. The van der Waals surface area contributed by atoms with E-state index in [-0.39, 0.29) is 73.1 Å². The minimum Gasteiger partial charge on any atom is -0.447 e. The largest absolute Gasteiger partial charge is 0.447 e. The predicted octanol–water partition coefficient (Wildman–Crippen LogP) is 3.37. The molecule has 13 nitrogen and oxygen atoms in total. The van der Waals surface area contributed by atoms with Gasteiger partial charge >= 0.3 is 6.09 Å². The maximum absolute atomic E-state index is 13.5. The minimum atomic E-state index is -0.802. The van der Waals surface area contributed by atoms with Gasteiger partial charge in [0.1, 0.15) is 34.1 Å². The number of nitrogens with zero attached hydrogens (tertiary/aromatic N) is 3. The maximum atomic E-state index is 13.5. The first-order valence-corrected chi connectivity index (χ1v) is 17.5. The SMILES string of the molecule is CC(C)C[C@@H]1NC(=O)CCCN(C(=O)[C@@H]2COC(=O)N2)CCCNC(=O)c2csc(n2)[C@H](Cc2ccccc2)NC(=O)c2csc1n2. The number of thiazole rings is 2. The van der Waals surface area contributed by atoms with E-state index in [9.17, 15) is 24.0 Å². The third kappa shape index (κ3) is 9.35. The molecule has 4 heterocycles. The van der Waals surface area contributed by atoms with Crippen LogP contribution in [0.3, 0.4) is 0 Å². The summed E-state index contributed by atoms with van der Waals surface area (Å²) in [6.45, 7) is 4.90. The van der Waals surface area contributed by atoms with Crippen molar-refractivity contribution >= 4 is 52.4 Å². The van der Waals surface area contributed by atoms with Crippen molar-refractivity contribution in [3.63, 3.8) is 0 Å². The lowest BCUT2D eigenvalue weighted by atomic mass is 10.0. The molecule has 250 valence electrons. The Balaban J connectivity index is 1.39. The number of aromatic nitrogens is 2. The Labute approximate surface area is 280 Å². The second-order valence-electron chi connectivity index (χ2n) is 11.9. The summed E-state index contributed by atoms with van der Waals surface area (Å²) in [5.41, 5.74) is 1.47. The van der Waals surface area contributed by atoms with Gasteiger partial charge in [0.2, 0.25) is 11.8 Å². The Morgan fingerprint density at radius 3 is 2.28 bits per heavy atom. The molecule has 1 fully saturated rings. The van der Waals surface area contributed by atoms with E-state index in [0.29, 0.717) is 42.2 Å². The highest BCUT2D eigenvalue weighted by Crippen LogP contribution is 2.27. The van der Waals surface area contributed by atoms with Crippen molar-refractivity contribution in [3.8, 4) is 0 Å². The van der Waals surface area contributed by atoms with Crippen LogP contribution in [-0.4, -0.2) is 76.9 Å². The number of nitrogens with one attached hydrogen (secondary N) is 4. The summed E-state index contributed by atoms with van der Waals surface area (Å²) in [6, 6.07) is 8.00. The highest BCUT2D eigenvalue weighted by Gasteiger charge is 2.32. The molecule has 2 aromatic heterocycles. The minimum absolute atomic E-state index is 0.0626. The van der Waals surface area contributed by atoms with Crippen LogP contribution < -0.4 is 21.3 Å². The molecular weight excluding hydrogens is 643 g/mol. The lowest BCUT2D eigenvalue weighted by Crippen LogP contribution is -2.47. The first kappa shape index (κ1) is 34.0. The molecule has 0 spiro atoms. The lowest BCUT2D eigenvalue weighted by molar-refractivity contribution is -0.133. The van der Waals surface area contributed by atoms with Gasteiger partial charge in [-0.1, -0.05) is 44.2 Å². The van der Waals surface area contributed by atoms with Crippen molar-refractivity contribution in [1.82, 2.24) is 36.1 Å². The summed E-state index contributed by atoms with van der Waals surface area (Å²) in [6.07, 6.45) is 1.43. The Kier molecular flexibility index (Phi) is 11.5. The van der Waals surface area contributed by atoms with Crippen LogP contribution in [0.2, 0.25) is 0 Å². The number of amides is 5. The van der Waals surface area contributed by atoms with Crippen molar-refractivity contribution in [2.24, 2.45) is 5.92 Å². The fraction of sp³-hybridized carbons (Fsp3) is 0.469. The number of rotatable bonds is 5. The summed E-state index contributed by atoms with van der Waals surface area (Å²) < 4.78 is 4.91. The average molecular weight is 682 g/mol. The van der Waals surface area contributed by atoms with Crippen LogP contribution >= 0.6 is 22.7 Å². The van der Waals surface area contributed by atoms with Gasteiger partial charge in [0.15, 0.2) is 0 Å². The molecule has 0 radical (unpaired) electrons. The van der Waals surface area contributed by atoms with E-state index < -0.39 is 18.2 Å². The summed E-state index contributed by atoms with van der Waals surface area (Å²) in [7, 11) is 0. The third-order valence-corrected chi connectivity index (χ3v) is 9.66. The van der Waals surface area contributed by atoms with Crippen molar-refractivity contribution in [2.45, 2.75) is 64.1 Å². The van der Waals surface area contributed by atoms with Crippen LogP contribution in [0.4, 0.5) is 4.79 Å². The second kappa shape index (κ2) is 16.0. The van der Waals surface area contributed by atoms with Gasteiger partial charge < -0.3 is 30.9 Å². The first-order valence-electron chi connectivity index (χ1n) is 15.7. The molecule has 0 saturated carbocycles. The number of carbonyl (C=O) groups excluding carboxylic acids is 5. The molecule has 5 rings (SSSR count). The molecule has 1 aromatic carbocycles. The molecule has 3 atom stereocenters. The molecule has 2 aliphatic rings. The summed E-state index contributed by atoms with van der Waals surface area (Å²) in [5.74, 6) is -0.987. The smallest absolute Gasteiger partial charge is 0.407 e. The van der Waals surface area contributed by atoms with Gasteiger partial charge in [-0.25, -0.2) is 14.8 Å². The molecule has 4 N–H and O–H groups in total. The highest BCUT2D eigenvalue weighted by molar-refractivity contribution is 7.10. The van der Waals surface area contributed by atoms with Gasteiger partial charge in [0, 0.05) is 36.8 Å². The quantitative estimate of drug-likeness (QED) is 0.318. The van der Waals surface area contributed by atoms with Crippen molar-refractivity contribution in [1.29, 1.82) is 0 Å². The van der Waals surface area contributed by atoms with Gasteiger partial charge in [0.25, 0.3) is 11.8 Å². The zero-order valence-corrected chi connectivity index (χ0v) is 28.0. The Bertz CT molecular complexity index is 1580. The summed E-state index contributed by atoms with van der Waals surface area (Å²) >= 11 is 2.60. The lowest BCUT2D eigenvalue weighted by Gasteiger charge is -2.25. The molecule has 2 aliphatic heterocycles. The fourth-order valence-electron chi connectivity index (χ4n) is 5.41. The molecule has 1 saturated heterocycles. The topological polar surface area (TPSA) is 172 Å². The van der Waals surface area contributed by atoms with Crippen LogP contribution in [0.25, 0.3) is 0 Å². The van der Waals surface area contributed by atoms with Crippen LogP contribution in [0.15, 0.2) is 41.1 Å². The summed E-state index contributed by atoms with van der Waals surface area (Å²) in [5, 5.41) is 16.1. The predicted molar refractivity (Wildman–Crippen MR) is 176 cm³/mol. The Hall–Kier alpha value is -4.37. The third-order valence-electron chi connectivity index (χ3n) is 7.74. The normalized spacial score (nSPS) is 21.6. The molecule has 47 heavy (non-hydrogen) atoms. The van der Waals surface area contributed by atoms with E-state index in [1.54, 1.807) is 15.7 Å². The fourth-order valence-corrected chi connectivity index (χ4v) is 7.12. The Morgan fingerprint density at radius 2 is 1.60 bits per heavy atom. The average Bonchev–Trinajstić information content (AvgIpc) is 3.82. The number of ether oxygens (including phenoxy) is 1. The highest BCUT2D eigenvalue weighted by atomic mass is 32.1. The molecule has 5 amide bonds. The van der Waals surface area contributed by atoms with Crippen molar-refractivity contribution in [2.75, 3.05) is 26.2 Å². The van der Waals surface area contributed by atoms with E-state index in [4.69, 9.17) is 4.74 Å². The second-order valence-corrected chi connectivity index (χ2v) is 13.7. The number of fused-ring (bicyclic) bond motifs is 4. The van der Waals surface area contributed by atoms with Gasteiger partial charge in [-0.05, 0) is 37.2 Å². The van der Waals surface area contributed by atoms with E-state index in [2.05, 4.69) is 45.1 Å². The zero-order valence-electron chi connectivity index (χ0n) is 26.3. The first-order chi connectivity index (χ1) is 22.7. The molecule has 0 aliphatic carbocycles. The van der Waals surface area contributed by atoms with Crippen LogP contribution in [-0.2, 0) is 20.7 Å². The van der Waals surface area contributed by atoms with E-state index >= 15 is 0 Å². The number of hydrogen-bond donors (Lipinski definition) is 4. The zero-order chi connectivity index (χ0) is 33.3. The van der Waals surface area contributed by atoms with E-state index in [1.807, 2.05) is 30.3 Å². The van der Waals surface area contributed by atoms with Crippen LogP contribution in [0.5, 0.6) is 0 Å². The number of alkyl carbamates (subject to hydrolysis) is 1. The number of hydrogen-bond acceptors (Lipinski definition) is 10. The van der Waals surface area contributed by atoms with Gasteiger partial charge in [-0.2, -0.15) is 0 Å². The van der Waals surface area contributed by atoms with Gasteiger partial charge in [-0.3, -0.25) is 19.2 Å². The molecule has 15 heteroatoms. The number of carbonyl (C=O) groups is 5.